The van der Waals surface area contributed by atoms with Crippen molar-refractivity contribution in [1.82, 2.24) is 4.57 Å². The first-order valence-electron chi connectivity index (χ1n) is 7.04. The third-order valence-electron chi connectivity index (χ3n) is 3.23. The number of rotatable bonds is 5. The van der Waals surface area contributed by atoms with E-state index in [0.717, 1.165) is 27.5 Å². The van der Waals surface area contributed by atoms with E-state index in [1.807, 2.05) is 30.3 Å². The van der Waals surface area contributed by atoms with Crippen LogP contribution in [0.15, 0.2) is 53.4 Å². The van der Waals surface area contributed by atoms with Gasteiger partial charge in [0.05, 0.1) is 10.2 Å². The van der Waals surface area contributed by atoms with Crippen molar-refractivity contribution in [1.29, 1.82) is 5.41 Å². The Hall–Kier alpha value is -1.93. The number of hydrogen-bond donors (Lipinski definition) is 1. The zero-order valence-corrected chi connectivity index (χ0v) is 14.0. The fraction of sp³-hybridized carbons (Fsp3) is 0.188. The lowest BCUT2D eigenvalue weighted by molar-refractivity contribution is -0.274. The second-order valence-electron chi connectivity index (χ2n) is 4.90. The van der Waals surface area contributed by atoms with Crippen molar-refractivity contribution in [2.24, 2.45) is 0 Å². The molecule has 0 saturated carbocycles. The molecule has 1 aromatic heterocycles. The van der Waals surface area contributed by atoms with Gasteiger partial charge in [-0.25, -0.2) is 0 Å². The summed E-state index contributed by atoms with van der Waals surface area (Å²) in [5.74, 6) is 0.509. The van der Waals surface area contributed by atoms with Crippen LogP contribution in [0.3, 0.4) is 0 Å². The molecule has 0 amide bonds. The molecule has 24 heavy (non-hydrogen) atoms. The Labute approximate surface area is 144 Å². The summed E-state index contributed by atoms with van der Waals surface area (Å²) in [4.78, 5) is 1.45. The second kappa shape index (κ2) is 6.90. The fourth-order valence-corrected chi connectivity index (χ4v) is 4.08. The van der Waals surface area contributed by atoms with Gasteiger partial charge in [-0.1, -0.05) is 29.5 Å². The zero-order chi connectivity index (χ0) is 17.2. The molecule has 0 bridgehead atoms. The van der Waals surface area contributed by atoms with Crippen LogP contribution in [0.25, 0.3) is 10.2 Å². The predicted octanol–water partition coefficient (Wildman–Crippen LogP) is 4.87. The molecule has 0 radical (unpaired) electrons. The summed E-state index contributed by atoms with van der Waals surface area (Å²) < 4.78 is 43.2. The van der Waals surface area contributed by atoms with Crippen molar-refractivity contribution in [3.05, 3.63) is 53.3 Å². The topological polar surface area (TPSA) is 38.0 Å². The van der Waals surface area contributed by atoms with E-state index in [0.29, 0.717) is 16.0 Å². The van der Waals surface area contributed by atoms with Crippen LogP contribution < -0.4 is 9.54 Å². The third-order valence-corrected chi connectivity index (χ3v) is 5.19. The van der Waals surface area contributed by atoms with Crippen molar-refractivity contribution in [2.45, 2.75) is 17.8 Å². The van der Waals surface area contributed by atoms with E-state index in [2.05, 4.69) is 4.74 Å². The molecule has 3 rings (SSSR count). The Bertz CT molecular complexity index is 888. The quantitative estimate of drug-likeness (QED) is 0.651. The number of nitrogens with one attached hydrogen (secondary N) is 1. The molecule has 0 atom stereocenters. The summed E-state index contributed by atoms with van der Waals surface area (Å²) in [7, 11) is 0. The van der Waals surface area contributed by atoms with Gasteiger partial charge in [-0.2, -0.15) is 0 Å². The Morgan fingerprint density at radius 2 is 1.88 bits per heavy atom. The highest BCUT2D eigenvalue weighted by atomic mass is 32.2. The van der Waals surface area contributed by atoms with Gasteiger partial charge in [-0.3, -0.25) is 5.41 Å². The van der Waals surface area contributed by atoms with Gasteiger partial charge in [0.25, 0.3) is 0 Å². The zero-order valence-electron chi connectivity index (χ0n) is 12.3. The summed E-state index contributed by atoms with van der Waals surface area (Å²) in [5, 5.41) is 8.04. The molecule has 0 saturated heterocycles. The molecule has 2 aromatic carbocycles. The molecule has 126 valence electrons. The van der Waals surface area contributed by atoms with Crippen LogP contribution >= 0.6 is 23.1 Å². The van der Waals surface area contributed by atoms with Crippen molar-refractivity contribution < 1.29 is 17.9 Å². The van der Waals surface area contributed by atoms with E-state index < -0.39 is 6.36 Å². The molecular weight excluding hydrogens is 357 g/mol. The number of benzene rings is 2. The normalized spacial score (nSPS) is 11.8. The van der Waals surface area contributed by atoms with Crippen molar-refractivity contribution >= 4 is 33.3 Å². The predicted molar refractivity (Wildman–Crippen MR) is 89.5 cm³/mol. The van der Waals surface area contributed by atoms with E-state index >= 15 is 0 Å². The number of thioether (sulfide) groups is 1. The molecule has 0 fully saturated rings. The van der Waals surface area contributed by atoms with Gasteiger partial charge in [-0.15, -0.1) is 24.9 Å². The van der Waals surface area contributed by atoms with Gasteiger partial charge in [0.2, 0.25) is 0 Å². The number of alkyl halides is 3. The van der Waals surface area contributed by atoms with E-state index in [1.54, 1.807) is 22.4 Å². The molecule has 1 N–H and O–H groups in total. The lowest BCUT2D eigenvalue weighted by atomic mass is 10.3. The van der Waals surface area contributed by atoms with Crippen LogP contribution in [0.5, 0.6) is 5.75 Å². The van der Waals surface area contributed by atoms with Crippen molar-refractivity contribution in [3.63, 3.8) is 0 Å². The van der Waals surface area contributed by atoms with Gasteiger partial charge in [0.15, 0.2) is 4.80 Å². The molecule has 0 unspecified atom stereocenters. The maximum absolute atomic E-state index is 12.3. The molecule has 8 heteroatoms. The van der Waals surface area contributed by atoms with Gasteiger partial charge in [0, 0.05) is 17.2 Å². The first kappa shape index (κ1) is 16.9. The van der Waals surface area contributed by atoms with Gasteiger partial charge in [-0.05, 0) is 30.3 Å². The maximum atomic E-state index is 12.3. The van der Waals surface area contributed by atoms with Gasteiger partial charge >= 0.3 is 6.36 Å². The molecule has 3 nitrogen and oxygen atoms in total. The van der Waals surface area contributed by atoms with Crippen LogP contribution in [-0.2, 0) is 6.54 Å². The SMILES string of the molecule is N=c1sc2cc(OC(F)(F)F)ccc2n1CCSc1ccccc1. The highest BCUT2D eigenvalue weighted by Crippen LogP contribution is 2.28. The summed E-state index contributed by atoms with van der Waals surface area (Å²) in [6.07, 6.45) is -4.71. The Morgan fingerprint density at radius 3 is 2.58 bits per heavy atom. The first-order valence-corrected chi connectivity index (χ1v) is 8.84. The largest absolute Gasteiger partial charge is 0.573 e. The number of nitrogens with zero attached hydrogens (tertiary/aromatic N) is 1. The number of fused-ring (bicyclic) bond motifs is 1. The minimum absolute atomic E-state index is 0.262. The number of aryl methyl sites for hydroxylation is 1. The van der Waals surface area contributed by atoms with E-state index in [9.17, 15) is 13.2 Å². The van der Waals surface area contributed by atoms with Crippen LogP contribution in [0.2, 0.25) is 0 Å². The van der Waals surface area contributed by atoms with Crippen molar-refractivity contribution in [2.75, 3.05) is 5.75 Å². The highest BCUT2D eigenvalue weighted by Gasteiger charge is 2.31. The van der Waals surface area contributed by atoms with Gasteiger partial charge in [0.1, 0.15) is 5.75 Å². The van der Waals surface area contributed by atoms with Crippen LogP contribution in [-0.4, -0.2) is 16.7 Å². The fourth-order valence-electron chi connectivity index (χ4n) is 2.26. The standard InChI is InChI=1S/C16H13F3N2OS2/c17-16(18,19)22-11-6-7-13-14(10-11)24-15(20)21(13)8-9-23-12-4-2-1-3-5-12/h1-7,10,20H,8-9H2. The van der Waals surface area contributed by atoms with E-state index in [4.69, 9.17) is 5.41 Å². The average molecular weight is 370 g/mol. The van der Waals surface area contributed by atoms with Crippen LogP contribution in [0, 0.1) is 5.41 Å². The van der Waals surface area contributed by atoms with Crippen LogP contribution in [0.4, 0.5) is 13.2 Å². The average Bonchev–Trinajstić information content (AvgIpc) is 2.82. The van der Waals surface area contributed by atoms with E-state index in [1.165, 1.54) is 12.1 Å². The number of aromatic nitrogens is 1. The smallest absolute Gasteiger partial charge is 0.406 e. The molecule has 3 aromatic rings. The molecule has 0 aliphatic carbocycles. The number of ether oxygens (including phenoxy) is 1. The lowest BCUT2D eigenvalue weighted by Gasteiger charge is -2.09. The molecule has 0 spiro atoms. The summed E-state index contributed by atoms with van der Waals surface area (Å²) in [5.41, 5.74) is 0.744. The molecule has 0 aliphatic heterocycles. The monoisotopic (exact) mass is 370 g/mol. The van der Waals surface area contributed by atoms with Crippen molar-refractivity contribution in [3.8, 4) is 5.75 Å². The number of hydrogen-bond acceptors (Lipinski definition) is 4. The Morgan fingerprint density at radius 1 is 1.12 bits per heavy atom. The number of halogens is 3. The van der Waals surface area contributed by atoms with Gasteiger partial charge < -0.3 is 9.30 Å². The van der Waals surface area contributed by atoms with E-state index in [-0.39, 0.29) is 5.75 Å². The highest BCUT2D eigenvalue weighted by molar-refractivity contribution is 7.99. The van der Waals surface area contributed by atoms with Crippen LogP contribution in [0.1, 0.15) is 0 Å². The Balaban J connectivity index is 1.76. The lowest BCUT2D eigenvalue weighted by Crippen LogP contribution is -2.17. The maximum Gasteiger partial charge on any atom is 0.573 e. The minimum atomic E-state index is -4.71. The number of thiazole rings is 1. The third kappa shape index (κ3) is 4.12. The first-order chi connectivity index (χ1) is 11.4. The summed E-state index contributed by atoms with van der Waals surface area (Å²) in [6, 6.07) is 14.1. The molecule has 1 heterocycles. The summed E-state index contributed by atoms with van der Waals surface area (Å²) >= 11 is 2.81. The molecule has 0 aliphatic rings. The Kier molecular flexibility index (Phi) is 4.86. The second-order valence-corrected chi connectivity index (χ2v) is 7.10. The molecular formula is C16H13F3N2OS2. The summed E-state index contributed by atoms with van der Waals surface area (Å²) in [6.45, 7) is 0.609. The minimum Gasteiger partial charge on any atom is -0.406 e.